The largest absolute Gasteiger partial charge is 0.497 e. The van der Waals surface area contributed by atoms with Crippen LogP contribution in [0.2, 0.25) is 0 Å². The molecule has 0 atom stereocenters. The first-order valence-corrected chi connectivity index (χ1v) is 9.86. The quantitative estimate of drug-likeness (QED) is 0.453. The summed E-state index contributed by atoms with van der Waals surface area (Å²) in [5.74, 6) is 1.26. The first-order valence-electron chi connectivity index (χ1n) is 9.86. The van der Waals surface area contributed by atoms with Gasteiger partial charge in [-0.15, -0.1) is 0 Å². The fourth-order valence-electron chi connectivity index (χ4n) is 3.47. The summed E-state index contributed by atoms with van der Waals surface area (Å²) in [7, 11) is 3.19. The maximum atomic E-state index is 13.5. The van der Waals surface area contributed by atoms with Crippen molar-refractivity contribution in [3.63, 3.8) is 0 Å². The van der Waals surface area contributed by atoms with Crippen LogP contribution in [0.3, 0.4) is 0 Å². The zero-order valence-electron chi connectivity index (χ0n) is 17.6. The lowest BCUT2D eigenvalue weighted by Gasteiger charge is -2.08. The molecule has 1 heterocycles. The molecule has 3 aromatic carbocycles. The van der Waals surface area contributed by atoms with E-state index in [1.165, 1.54) is 0 Å². The van der Waals surface area contributed by atoms with E-state index < -0.39 is 0 Å². The second-order valence-electron chi connectivity index (χ2n) is 6.94. The van der Waals surface area contributed by atoms with Crippen LogP contribution >= 0.6 is 0 Å². The fraction of sp³-hybridized carbons (Fsp3) is 0.120. The second-order valence-corrected chi connectivity index (χ2v) is 6.94. The van der Waals surface area contributed by atoms with E-state index in [2.05, 4.69) is 5.10 Å². The number of hydrogen-bond donors (Lipinski definition) is 1. The molecule has 1 aromatic heterocycles. The molecule has 0 saturated carbocycles. The third-order valence-electron chi connectivity index (χ3n) is 5.00. The van der Waals surface area contributed by atoms with Gasteiger partial charge in [-0.1, -0.05) is 48.5 Å². The minimum Gasteiger partial charge on any atom is -0.497 e. The number of aromatic nitrogens is 2. The Morgan fingerprint density at radius 3 is 2.23 bits per heavy atom. The van der Waals surface area contributed by atoms with Crippen molar-refractivity contribution >= 4 is 11.4 Å². The number of para-hydroxylation sites is 1. The molecule has 31 heavy (non-hydrogen) atoms. The molecule has 0 aliphatic carbocycles. The van der Waals surface area contributed by atoms with E-state index in [-0.39, 0.29) is 5.56 Å². The molecular weight excluding hydrogens is 390 g/mol. The Kier molecular flexibility index (Phi) is 5.71. The third-order valence-corrected chi connectivity index (χ3v) is 5.00. The van der Waals surface area contributed by atoms with Crippen LogP contribution in [0.5, 0.6) is 11.5 Å². The number of ether oxygens (including phenoxy) is 2. The standard InChI is InChI=1S/C25H23N3O3/c1-17(26-21-16-20(30-2)14-15-22(21)31-3)23-24(18-10-6-4-7-11-18)27-28(25(23)29)19-12-8-5-9-13-19/h4-16,27H,1-3H3. The van der Waals surface area contributed by atoms with Gasteiger partial charge >= 0.3 is 0 Å². The number of rotatable bonds is 6. The number of methoxy groups -OCH3 is 2. The highest BCUT2D eigenvalue weighted by Crippen LogP contribution is 2.32. The van der Waals surface area contributed by atoms with Crippen molar-refractivity contribution in [1.82, 2.24) is 9.78 Å². The van der Waals surface area contributed by atoms with Crippen LogP contribution < -0.4 is 15.0 Å². The summed E-state index contributed by atoms with van der Waals surface area (Å²) in [4.78, 5) is 18.2. The molecule has 0 spiro atoms. The average molecular weight is 413 g/mol. The Morgan fingerprint density at radius 2 is 1.58 bits per heavy atom. The molecule has 1 N–H and O–H groups in total. The number of aromatic amines is 1. The number of hydrogen-bond acceptors (Lipinski definition) is 4. The highest BCUT2D eigenvalue weighted by molar-refractivity contribution is 6.05. The molecule has 0 saturated heterocycles. The van der Waals surface area contributed by atoms with Gasteiger partial charge in [0, 0.05) is 11.6 Å². The summed E-state index contributed by atoms with van der Waals surface area (Å²) in [6.07, 6.45) is 0. The van der Waals surface area contributed by atoms with E-state index in [0.717, 1.165) is 11.3 Å². The number of H-pyrrole nitrogens is 1. The summed E-state index contributed by atoms with van der Waals surface area (Å²) in [5, 5.41) is 3.27. The van der Waals surface area contributed by atoms with Crippen LogP contribution in [-0.2, 0) is 0 Å². The predicted octanol–water partition coefficient (Wildman–Crippen LogP) is 4.99. The molecule has 6 heteroatoms. The first-order chi connectivity index (χ1) is 15.1. The monoisotopic (exact) mass is 413 g/mol. The van der Waals surface area contributed by atoms with Gasteiger partial charge < -0.3 is 9.47 Å². The lowest BCUT2D eigenvalue weighted by atomic mass is 10.1. The Morgan fingerprint density at radius 1 is 0.903 bits per heavy atom. The Balaban J connectivity index is 1.93. The molecule has 0 aliphatic heterocycles. The van der Waals surface area contributed by atoms with Gasteiger partial charge in [0.25, 0.3) is 5.56 Å². The van der Waals surface area contributed by atoms with E-state index in [0.29, 0.717) is 34.2 Å². The molecule has 4 aromatic rings. The minimum atomic E-state index is -0.173. The van der Waals surface area contributed by atoms with Crippen molar-refractivity contribution in [3.05, 3.63) is 94.8 Å². The lowest BCUT2D eigenvalue weighted by Crippen LogP contribution is -2.19. The summed E-state index contributed by atoms with van der Waals surface area (Å²) in [5.41, 5.74) is 3.84. The van der Waals surface area contributed by atoms with Gasteiger partial charge in [-0.25, -0.2) is 9.67 Å². The van der Waals surface area contributed by atoms with Crippen molar-refractivity contribution in [2.75, 3.05) is 14.2 Å². The average Bonchev–Trinajstić information content (AvgIpc) is 3.17. The van der Waals surface area contributed by atoms with Gasteiger partial charge in [0.15, 0.2) is 0 Å². The number of aliphatic imine (C=N–C) groups is 1. The van der Waals surface area contributed by atoms with Crippen LogP contribution in [0.1, 0.15) is 12.5 Å². The number of nitrogens with one attached hydrogen (secondary N) is 1. The van der Waals surface area contributed by atoms with Gasteiger partial charge in [-0.3, -0.25) is 9.89 Å². The zero-order valence-corrected chi connectivity index (χ0v) is 17.6. The Hall–Kier alpha value is -4.06. The summed E-state index contributed by atoms with van der Waals surface area (Å²) in [6.45, 7) is 1.82. The van der Waals surface area contributed by atoms with Crippen LogP contribution in [-0.4, -0.2) is 29.7 Å². The van der Waals surface area contributed by atoms with E-state index in [1.54, 1.807) is 37.1 Å². The summed E-state index contributed by atoms with van der Waals surface area (Å²) < 4.78 is 12.3. The van der Waals surface area contributed by atoms with Crippen molar-refractivity contribution in [3.8, 4) is 28.4 Å². The van der Waals surface area contributed by atoms with Crippen molar-refractivity contribution in [1.29, 1.82) is 0 Å². The maximum Gasteiger partial charge on any atom is 0.280 e. The number of benzene rings is 3. The third kappa shape index (κ3) is 4.00. The Labute approximate surface area is 180 Å². The van der Waals surface area contributed by atoms with Gasteiger partial charge in [0.2, 0.25) is 0 Å². The SMILES string of the molecule is COc1ccc(OC)c(N=C(C)c2c(-c3ccccc3)[nH]n(-c3ccccc3)c2=O)c1. The molecule has 0 bridgehead atoms. The molecular formula is C25H23N3O3. The first kappa shape index (κ1) is 20.2. The second kappa shape index (κ2) is 8.75. The number of nitrogens with zero attached hydrogens (tertiary/aromatic N) is 2. The van der Waals surface area contributed by atoms with Crippen LogP contribution in [0.15, 0.2) is 88.6 Å². The van der Waals surface area contributed by atoms with E-state index in [1.807, 2.05) is 67.6 Å². The molecule has 0 amide bonds. The van der Waals surface area contributed by atoms with Gasteiger partial charge in [0.05, 0.1) is 36.9 Å². The van der Waals surface area contributed by atoms with Crippen LogP contribution in [0.25, 0.3) is 16.9 Å². The Bertz CT molecular complexity index is 1270. The molecule has 0 radical (unpaired) electrons. The summed E-state index contributed by atoms with van der Waals surface area (Å²) in [6, 6.07) is 24.6. The van der Waals surface area contributed by atoms with E-state index >= 15 is 0 Å². The van der Waals surface area contributed by atoms with E-state index in [4.69, 9.17) is 14.5 Å². The van der Waals surface area contributed by atoms with Gasteiger partial charge in [-0.2, -0.15) is 0 Å². The highest BCUT2D eigenvalue weighted by atomic mass is 16.5. The smallest absolute Gasteiger partial charge is 0.280 e. The topological polar surface area (TPSA) is 68.6 Å². The maximum absolute atomic E-state index is 13.5. The van der Waals surface area contributed by atoms with Crippen molar-refractivity contribution < 1.29 is 9.47 Å². The molecule has 4 rings (SSSR count). The van der Waals surface area contributed by atoms with E-state index in [9.17, 15) is 4.79 Å². The molecule has 6 nitrogen and oxygen atoms in total. The van der Waals surface area contributed by atoms with Gasteiger partial charge in [0.1, 0.15) is 17.2 Å². The summed E-state index contributed by atoms with van der Waals surface area (Å²) >= 11 is 0. The van der Waals surface area contributed by atoms with Crippen LogP contribution in [0.4, 0.5) is 5.69 Å². The predicted molar refractivity (Wildman–Crippen MR) is 123 cm³/mol. The fourth-order valence-corrected chi connectivity index (χ4v) is 3.47. The zero-order chi connectivity index (χ0) is 21.8. The molecule has 0 unspecified atom stereocenters. The molecule has 0 aliphatic rings. The van der Waals surface area contributed by atoms with Crippen LogP contribution in [0, 0.1) is 0 Å². The van der Waals surface area contributed by atoms with Crippen molar-refractivity contribution in [2.24, 2.45) is 4.99 Å². The van der Waals surface area contributed by atoms with Gasteiger partial charge in [-0.05, 0) is 31.2 Å². The molecule has 156 valence electrons. The normalized spacial score (nSPS) is 11.4. The lowest BCUT2D eigenvalue weighted by molar-refractivity contribution is 0.404. The highest BCUT2D eigenvalue weighted by Gasteiger charge is 2.19. The molecule has 0 fully saturated rings. The van der Waals surface area contributed by atoms with Crippen molar-refractivity contribution in [2.45, 2.75) is 6.92 Å². The minimum absolute atomic E-state index is 0.173.